The lowest BCUT2D eigenvalue weighted by Gasteiger charge is -2.30. The molecule has 1 aromatic carbocycles. The van der Waals surface area contributed by atoms with Gasteiger partial charge in [0, 0.05) is 32.4 Å². The molecule has 6 heteroatoms. The number of benzene rings is 1. The molecule has 148 valence electrons. The Labute approximate surface area is 165 Å². The van der Waals surface area contributed by atoms with Gasteiger partial charge in [-0.2, -0.15) is 0 Å². The number of nitrogens with zero attached hydrogens (tertiary/aromatic N) is 2. The van der Waals surface area contributed by atoms with Gasteiger partial charge in [-0.3, -0.25) is 0 Å². The van der Waals surface area contributed by atoms with Crippen LogP contribution in [0.1, 0.15) is 43.4 Å². The molecule has 0 spiro atoms. The Balaban J connectivity index is 1.54. The Morgan fingerprint density at radius 3 is 2.63 bits per heavy atom. The molecular weight excluding hydrogens is 360 g/mol. The van der Waals surface area contributed by atoms with E-state index in [4.69, 9.17) is 4.74 Å². The highest BCUT2D eigenvalue weighted by atomic mass is 32.2. The number of rotatable bonds is 4. The number of hydrogen-bond donors (Lipinski definition) is 0. The molecular formula is C21H30N2O3S. The third kappa shape index (κ3) is 5.42. The van der Waals surface area contributed by atoms with Crippen LogP contribution < -0.4 is 0 Å². The van der Waals surface area contributed by atoms with Crippen LogP contribution >= 0.6 is 0 Å². The smallest absolute Gasteiger partial charge is 0.410 e. The second-order valence-electron chi connectivity index (χ2n) is 7.68. The van der Waals surface area contributed by atoms with Gasteiger partial charge in [-0.15, -0.1) is 0 Å². The van der Waals surface area contributed by atoms with Crippen LogP contribution in [0.3, 0.4) is 0 Å². The van der Waals surface area contributed by atoms with Crippen LogP contribution in [0.25, 0.3) is 6.08 Å². The maximum absolute atomic E-state index is 12.0. The first-order chi connectivity index (χ1) is 12.9. The van der Waals surface area contributed by atoms with Gasteiger partial charge in [0.15, 0.2) is 0 Å². The molecule has 27 heavy (non-hydrogen) atoms. The van der Waals surface area contributed by atoms with Crippen LogP contribution in [-0.4, -0.2) is 51.5 Å². The third-order valence-electron chi connectivity index (χ3n) is 5.27. The molecule has 3 rings (SSSR count). The molecule has 1 atom stereocenters. The minimum atomic E-state index is -0.899. The largest absolute Gasteiger partial charge is 0.447 e. The molecule has 1 aromatic rings. The van der Waals surface area contributed by atoms with Crippen LogP contribution in [0.4, 0.5) is 4.79 Å². The quantitative estimate of drug-likeness (QED) is 0.789. The molecule has 1 unspecified atom stereocenters. The summed E-state index contributed by atoms with van der Waals surface area (Å²) in [5, 5.41) is 0. The van der Waals surface area contributed by atoms with Gasteiger partial charge in [0.2, 0.25) is 0 Å². The summed E-state index contributed by atoms with van der Waals surface area (Å²) in [6.45, 7) is 6.90. The van der Waals surface area contributed by atoms with E-state index in [9.17, 15) is 9.00 Å². The maximum Gasteiger partial charge on any atom is 0.410 e. The molecule has 5 nitrogen and oxygen atoms in total. The number of hydrogen-bond acceptors (Lipinski definition) is 3. The van der Waals surface area contributed by atoms with E-state index in [0.717, 1.165) is 45.4 Å². The van der Waals surface area contributed by atoms with Crippen molar-refractivity contribution in [3.05, 3.63) is 41.0 Å². The van der Waals surface area contributed by atoms with E-state index < -0.39 is 11.0 Å². The lowest BCUT2D eigenvalue weighted by molar-refractivity contribution is 0.0679. The molecule has 0 radical (unpaired) electrons. The van der Waals surface area contributed by atoms with Crippen molar-refractivity contribution >= 4 is 23.2 Å². The maximum atomic E-state index is 12.0. The van der Waals surface area contributed by atoms with E-state index >= 15 is 0 Å². The Hall–Kier alpha value is -1.66. The monoisotopic (exact) mass is 390 g/mol. The number of fused-ring (bicyclic) bond motifs is 1. The average Bonchev–Trinajstić information content (AvgIpc) is 2.65. The molecule has 1 amide bonds. The molecule has 0 bridgehead atoms. The first-order valence-electron chi connectivity index (χ1n) is 9.76. The minimum Gasteiger partial charge on any atom is -0.447 e. The van der Waals surface area contributed by atoms with Crippen molar-refractivity contribution in [1.29, 1.82) is 0 Å². The summed E-state index contributed by atoms with van der Waals surface area (Å²) in [6, 6.07) is 6.57. The Kier molecular flexibility index (Phi) is 6.71. The van der Waals surface area contributed by atoms with Crippen LogP contribution in [0.5, 0.6) is 0 Å². The molecule has 2 aliphatic heterocycles. The van der Waals surface area contributed by atoms with E-state index in [1.165, 1.54) is 16.7 Å². The van der Waals surface area contributed by atoms with Gasteiger partial charge in [0.25, 0.3) is 0 Å². The normalized spacial score (nSPS) is 20.1. The lowest BCUT2D eigenvalue weighted by Crippen LogP contribution is -2.39. The van der Waals surface area contributed by atoms with Crippen LogP contribution in [-0.2, 0) is 28.7 Å². The van der Waals surface area contributed by atoms with Gasteiger partial charge in [0.05, 0.1) is 17.1 Å². The second-order valence-corrected chi connectivity index (χ2v) is 9.05. The fourth-order valence-corrected chi connectivity index (χ4v) is 4.34. The predicted molar refractivity (Wildman–Crippen MR) is 110 cm³/mol. The standard InChI is InChI=1S/C21H30N2O3S/c1-16(2)26-21(24)22-11-8-17(9-12-22)4-5-18-6-7-20-15-23(27(3)25)13-10-19(20)14-18/h4-7,14,16-17H,8-13,15H2,1-3H3/b5-4+. The van der Waals surface area contributed by atoms with Crippen molar-refractivity contribution < 1.29 is 13.7 Å². The highest BCUT2D eigenvalue weighted by Gasteiger charge is 2.23. The number of piperidine rings is 1. The Morgan fingerprint density at radius 1 is 1.22 bits per heavy atom. The molecule has 0 saturated carbocycles. The number of carbonyl (C=O) groups excluding carboxylic acids is 1. The summed E-state index contributed by atoms with van der Waals surface area (Å²) < 4.78 is 18.9. The van der Waals surface area contributed by atoms with E-state index in [2.05, 4.69) is 30.4 Å². The van der Waals surface area contributed by atoms with E-state index in [1.54, 1.807) is 6.26 Å². The minimum absolute atomic E-state index is 0.0662. The average molecular weight is 391 g/mol. The van der Waals surface area contributed by atoms with Gasteiger partial charge in [0.1, 0.15) is 0 Å². The summed E-state index contributed by atoms with van der Waals surface area (Å²) in [5.74, 6) is 0.502. The number of carbonyl (C=O) groups is 1. The third-order valence-corrected chi connectivity index (χ3v) is 6.31. The SMILES string of the molecule is CC(C)OC(=O)N1CCC(/C=C/c2ccc3c(c2)CCN(S(C)=O)C3)CC1. The van der Waals surface area contributed by atoms with E-state index in [0.29, 0.717) is 5.92 Å². The first-order valence-corrected chi connectivity index (χ1v) is 11.3. The molecule has 1 fully saturated rings. The molecule has 2 aliphatic rings. The van der Waals surface area contributed by atoms with Crippen molar-refractivity contribution in [2.45, 2.75) is 45.8 Å². The summed E-state index contributed by atoms with van der Waals surface area (Å²) in [5.41, 5.74) is 3.87. The highest BCUT2D eigenvalue weighted by Crippen LogP contribution is 2.24. The number of allylic oxidation sites excluding steroid dienone is 1. The second kappa shape index (κ2) is 9.02. The zero-order chi connectivity index (χ0) is 19.4. The van der Waals surface area contributed by atoms with Crippen molar-refractivity contribution in [2.75, 3.05) is 25.9 Å². The fraction of sp³-hybridized carbons (Fsp3) is 0.571. The lowest BCUT2D eigenvalue weighted by atomic mass is 9.94. The predicted octanol–water partition coefficient (Wildman–Crippen LogP) is 3.61. The number of likely N-dealkylation sites (tertiary alicyclic amines) is 1. The summed E-state index contributed by atoms with van der Waals surface area (Å²) >= 11 is 0. The van der Waals surface area contributed by atoms with E-state index in [-0.39, 0.29) is 12.2 Å². The summed E-state index contributed by atoms with van der Waals surface area (Å²) in [7, 11) is -0.899. The van der Waals surface area contributed by atoms with Crippen LogP contribution in [0.15, 0.2) is 24.3 Å². The zero-order valence-corrected chi connectivity index (χ0v) is 17.3. The van der Waals surface area contributed by atoms with Crippen molar-refractivity contribution in [3.63, 3.8) is 0 Å². The number of ether oxygens (including phenoxy) is 1. The zero-order valence-electron chi connectivity index (χ0n) is 16.5. The molecule has 0 N–H and O–H groups in total. The van der Waals surface area contributed by atoms with Crippen molar-refractivity contribution in [3.8, 4) is 0 Å². The van der Waals surface area contributed by atoms with Gasteiger partial charge in [-0.05, 0) is 55.7 Å². The molecule has 1 saturated heterocycles. The summed E-state index contributed by atoms with van der Waals surface area (Å²) in [4.78, 5) is 13.8. The highest BCUT2D eigenvalue weighted by molar-refractivity contribution is 7.81. The van der Waals surface area contributed by atoms with Gasteiger partial charge in [-0.25, -0.2) is 13.3 Å². The van der Waals surface area contributed by atoms with Crippen LogP contribution in [0, 0.1) is 5.92 Å². The Morgan fingerprint density at radius 2 is 1.96 bits per heavy atom. The van der Waals surface area contributed by atoms with E-state index in [1.807, 2.05) is 23.1 Å². The molecule has 0 aromatic heterocycles. The van der Waals surface area contributed by atoms with Gasteiger partial charge in [-0.1, -0.05) is 30.4 Å². The van der Waals surface area contributed by atoms with Crippen LogP contribution in [0.2, 0.25) is 0 Å². The number of amides is 1. The van der Waals surface area contributed by atoms with Crippen molar-refractivity contribution in [1.82, 2.24) is 9.21 Å². The summed E-state index contributed by atoms with van der Waals surface area (Å²) in [6.07, 6.45) is 8.88. The molecule has 2 heterocycles. The first kappa shape index (κ1) is 20.1. The topological polar surface area (TPSA) is 49.9 Å². The Bertz CT molecular complexity index is 724. The molecule has 0 aliphatic carbocycles. The van der Waals surface area contributed by atoms with Gasteiger partial charge >= 0.3 is 6.09 Å². The van der Waals surface area contributed by atoms with Gasteiger partial charge < -0.3 is 9.64 Å². The fourth-order valence-electron chi connectivity index (χ4n) is 3.67. The van der Waals surface area contributed by atoms with Crippen molar-refractivity contribution in [2.24, 2.45) is 5.92 Å².